The van der Waals surface area contributed by atoms with Gasteiger partial charge in [0.05, 0.1) is 23.1 Å². The number of carbonyl (C=O) groups is 1. The van der Waals surface area contributed by atoms with Crippen molar-refractivity contribution in [1.29, 1.82) is 0 Å². The van der Waals surface area contributed by atoms with Gasteiger partial charge in [-0.2, -0.15) is 0 Å². The van der Waals surface area contributed by atoms with E-state index >= 15 is 0 Å². The Balaban J connectivity index is 1.43. The Hall–Kier alpha value is -2.29. The summed E-state index contributed by atoms with van der Waals surface area (Å²) in [6.45, 7) is 3.09. The third kappa shape index (κ3) is 3.67. The van der Waals surface area contributed by atoms with Crippen LogP contribution in [0.1, 0.15) is 33.4 Å². The molecule has 1 amide bonds. The van der Waals surface area contributed by atoms with Crippen LogP contribution in [0.2, 0.25) is 0 Å². The van der Waals surface area contributed by atoms with Crippen molar-refractivity contribution >= 4 is 38.7 Å². The van der Waals surface area contributed by atoms with Crippen LogP contribution in [-0.2, 0) is 4.74 Å². The van der Waals surface area contributed by atoms with Crippen molar-refractivity contribution in [3.63, 3.8) is 0 Å². The third-order valence-corrected chi connectivity index (χ3v) is 7.10. The molecule has 1 saturated carbocycles. The third-order valence-electron chi connectivity index (χ3n) is 4.91. The number of ether oxygens (including phenoxy) is 1. The monoisotopic (exact) mass is 412 g/mol. The molecule has 5 rings (SSSR count). The van der Waals surface area contributed by atoms with Crippen LogP contribution in [0.3, 0.4) is 0 Å². The summed E-state index contributed by atoms with van der Waals surface area (Å²) in [4.78, 5) is 15.9. The van der Waals surface area contributed by atoms with E-state index in [9.17, 15) is 4.79 Å². The van der Waals surface area contributed by atoms with E-state index in [-0.39, 0.29) is 5.91 Å². The number of anilines is 2. The highest BCUT2D eigenvalue weighted by atomic mass is 32.1. The Morgan fingerprint density at radius 3 is 2.64 bits per heavy atom. The van der Waals surface area contributed by atoms with Crippen LogP contribution < -0.4 is 10.2 Å². The van der Waals surface area contributed by atoms with E-state index in [1.54, 1.807) is 0 Å². The summed E-state index contributed by atoms with van der Waals surface area (Å²) in [5, 5.41) is 14.0. The number of aromatic nitrogens is 2. The van der Waals surface area contributed by atoms with Crippen molar-refractivity contribution < 1.29 is 9.53 Å². The van der Waals surface area contributed by atoms with Gasteiger partial charge in [-0.15, -0.1) is 21.5 Å². The molecule has 1 N–H and O–H groups in total. The zero-order chi connectivity index (χ0) is 18.9. The number of thiophene rings is 1. The van der Waals surface area contributed by atoms with Crippen molar-refractivity contribution in [2.45, 2.75) is 18.8 Å². The highest BCUT2D eigenvalue weighted by Crippen LogP contribution is 2.42. The lowest BCUT2D eigenvalue weighted by Gasteiger charge is -2.28. The molecule has 1 saturated heterocycles. The molecule has 3 heterocycles. The number of hydrogen-bond acceptors (Lipinski definition) is 7. The molecule has 2 fully saturated rings. The molecule has 2 aromatic heterocycles. The van der Waals surface area contributed by atoms with Crippen molar-refractivity contribution in [2.24, 2.45) is 0 Å². The molecule has 1 aromatic carbocycles. The fraction of sp³-hybridized carbons (Fsp3) is 0.350. The Bertz CT molecular complexity index is 975. The minimum atomic E-state index is -0.125. The van der Waals surface area contributed by atoms with Crippen LogP contribution in [0, 0.1) is 0 Å². The summed E-state index contributed by atoms with van der Waals surface area (Å²) in [5.74, 6) is 0.419. The summed E-state index contributed by atoms with van der Waals surface area (Å²) in [7, 11) is 0. The van der Waals surface area contributed by atoms with Gasteiger partial charge in [0.1, 0.15) is 5.01 Å². The molecule has 8 heteroatoms. The summed E-state index contributed by atoms with van der Waals surface area (Å²) in [6, 6.07) is 12.2. The van der Waals surface area contributed by atoms with Gasteiger partial charge in [-0.3, -0.25) is 10.1 Å². The highest BCUT2D eigenvalue weighted by molar-refractivity contribution is 7.19. The number of nitrogens with zero attached hydrogens (tertiary/aromatic N) is 3. The van der Waals surface area contributed by atoms with Crippen molar-refractivity contribution in [3.8, 4) is 11.1 Å². The van der Waals surface area contributed by atoms with Crippen LogP contribution in [0.15, 0.2) is 36.4 Å². The maximum atomic E-state index is 12.9. The Morgan fingerprint density at radius 2 is 1.89 bits per heavy atom. The fourth-order valence-corrected chi connectivity index (χ4v) is 5.29. The Kier molecular flexibility index (Phi) is 4.84. The van der Waals surface area contributed by atoms with E-state index in [0.29, 0.717) is 29.1 Å². The molecule has 0 atom stereocenters. The molecule has 0 bridgehead atoms. The first-order valence-corrected chi connectivity index (χ1v) is 11.1. The quantitative estimate of drug-likeness (QED) is 0.679. The van der Waals surface area contributed by atoms with Gasteiger partial charge < -0.3 is 9.64 Å². The molecule has 1 aliphatic heterocycles. The van der Waals surface area contributed by atoms with Gasteiger partial charge in [0.2, 0.25) is 5.13 Å². The SMILES string of the molecule is O=C(Nc1nnc(C2CC2)s1)c1cc(-c2ccccc2)c(N2CCOCC2)s1. The van der Waals surface area contributed by atoms with Crippen molar-refractivity contribution in [1.82, 2.24) is 10.2 Å². The van der Waals surface area contributed by atoms with E-state index in [0.717, 1.165) is 34.2 Å². The number of morpholine rings is 1. The number of benzene rings is 1. The normalized spacial score (nSPS) is 16.9. The van der Waals surface area contributed by atoms with Gasteiger partial charge in [-0.05, 0) is 24.5 Å². The molecular weight excluding hydrogens is 392 g/mol. The summed E-state index contributed by atoms with van der Waals surface area (Å²) >= 11 is 3.01. The largest absolute Gasteiger partial charge is 0.378 e. The van der Waals surface area contributed by atoms with Crippen LogP contribution in [0.5, 0.6) is 0 Å². The zero-order valence-corrected chi connectivity index (χ0v) is 16.9. The second kappa shape index (κ2) is 7.62. The maximum Gasteiger partial charge on any atom is 0.267 e. The van der Waals surface area contributed by atoms with Crippen molar-refractivity contribution in [2.75, 3.05) is 36.5 Å². The number of hydrogen-bond donors (Lipinski definition) is 1. The van der Waals surface area contributed by atoms with Crippen LogP contribution >= 0.6 is 22.7 Å². The first kappa shape index (κ1) is 17.8. The molecule has 6 nitrogen and oxygen atoms in total. The molecule has 144 valence electrons. The summed E-state index contributed by atoms with van der Waals surface area (Å²) in [6.07, 6.45) is 2.35. The minimum Gasteiger partial charge on any atom is -0.378 e. The lowest BCUT2D eigenvalue weighted by atomic mass is 10.1. The van der Waals surface area contributed by atoms with Crippen LogP contribution in [0.4, 0.5) is 10.1 Å². The lowest BCUT2D eigenvalue weighted by molar-refractivity contribution is 0.103. The predicted octanol–water partition coefficient (Wildman–Crippen LogP) is 4.23. The van der Waals surface area contributed by atoms with E-state index < -0.39 is 0 Å². The maximum absolute atomic E-state index is 12.9. The van der Waals surface area contributed by atoms with Crippen molar-refractivity contribution in [3.05, 3.63) is 46.3 Å². The van der Waals surface area contributed by atoms with E-state index in [4.69, 9.17) is 4.74 Å². The fourth-order valence-electron chi connectivity index (χ4n) is 3.26. The first-order chi connectivity index (χ1) is 13.8. The van der Waals surface area contributed by atoms with E-state index in [2.05, 4.69) is 32.5 Å². The number of carbonyl (C=O) groups excluding carboxylic acids is 1. The van der Waals surface area contributed by atoms with Gasteiger partial charge >= 0.3 is 0 Å². The van der Waals surface area contributed by atoms with E-state index in [1.165, 1.54) is 35.5 Å². The topological polar surface area (TPSA) is 67.4 Å². The van der Waals surface area contributed by atoms with Gasteiger partial charge in [0.15, 0.2) is 0 Å². The molecular formula is C20H20N4O2S2. The van der Waals surface area contributed by atoms with Gasteiger partial charge in [-0.1, -0.05) is 41.7 Å². The standard InChI is InChI=1S/C20H20N4O2S2/c25-17(21-20-23-22-18(28-20)14-6-7-14)16-12-15(13-4-2-1-3-5-13)19(27-16)24-8-10-26-11-9-24/h1-5,12,14H,6-11H2,(H,21,23,25). The molecule has 0 unspecified atom stereocenters. The Labute approximate surface area is 171 Å². The zero-order valence-electron chi connectivity index (χ0n) is 15.3. The average Bonchev–Trinajstić information content (AvgIpc) is 3.32. The molecule has 2 aliphatic rings. The molecule has 0 radical (unpaired) electrons. The van der Waals surface area contributed by atoms with Crippen LogP contribution in [-0.4, -0.2) is 42.4 Å². The minimum absolute atomic E-state index is 0.125. The van der Waals surface area contributed by atoms with Gasteiger partial charge in [0.25, 0.3) is 5.91 Å². The number of amides is 1. The smallest absolute Gasteiger partial charge is 0.267 e. The summed E-state index contributed by atoms with van der Waals surface area (Å²) < 4.78 is 5.50. The average molecular weight is 413 g/mol. The molecule has 0 spiro atoms. The first-order valence-electron chi connectivity index (χ1n) is 9.44. The van der Waals surface area contributed by atoms with E-state index in [1.807, 2.05) is 24.3 Å². The molecule has 1 aliphatic carbocycles. The highest BCUT2D eigenvalue weighted by Gasteiger charge is 2.28. The molecule has 28 heavy (non-hydrogen) atoms. The predicted molar refractivity (Wildman–Crippen MR) is 113 cm³/mol. The van der Waals surface area contributed by atoms with Gasteiger partial charge in [-0.25, -0.2) is 0 Å². The second-order valence-corrected chi connectivity index (χ2v) is 9.01. The molecule has 3 aromatic rings. The van der Waals surface area contributed by atoms with Gasteiger partial charge in [0, 0.05) is 24.6 Å². The number of nitrogens with one attached hydrogen (secondary N) is 1. The summed E-state index contributed by atoms with van der Waals surface area (Å²) in [5.41, 5.74) is 2.21. The lowest BCUT2D eigenvalue weighted by Crippen LogP contribution is -2.35. The van der Waals surface area contributed by atoms with Crippen LogP contribution in [0.25, 0.3) is 11.1 Å². The Morgan fingerprint density at radius 1 is 1.11 bits per heavy atom. The second-order valence-electron chi connectivity index (χ2n) is 6.97. The number of rotatable bonds is 5.